The second kappa shape index (κ2) is 3.96. The Labute approximate surface area is 75.5 Å². The summed E-state index contributed by atoms with van der Waals surface area (Å²) in [5.41, 5.74) is 0. The van der Waals surface area contributed by atoms with Gasteiger partial charge in [-0.3, -0.25) is 0 Å². The number of alkyl halides is 1. The maximum Gasteiger partial charge on any atom is 0.404 e. The summed E-state index contributed by atoms with van der Waals surface area (Å²) in [6.45, 7) is 0. The second-order valence-corrected chi connectivity index (χ2v) is 3.34. The molecule has 1 amide bonds. The first-order valence-corrected chi connectivity index (χ1v) is 4.42. The Morgan fingerprint density at radius 2 is 2.25 bits per heavy atom. The smallest absolute Gasteiger partial charge is 0.404 e. The Bertz CT molecular complexity index is 172. The Hall–Kier alpha value is -0.480. The van der Waals surface area contributed by atoms with Gasteiger partial charge in [0.1, 0.15) is 0 Å². The highest BCUT2D eigenvalue weighted by Gasteiger charge is 2.36. The third-order valence-corrected chi connectivity index (χ3v) is 2.31. The highest BCUT2D eigenvalue weighted by atomic mass is 35.5. The zero-order valence-corrected chi connectivity index (χ0v) is 7.29. The predicted octanol–water partition coefficient (Wildman–Crippen LogP) is 0.632. The number of amides is 1. The highest BCUT2D eigenvalue weighted by Crippen LogP contribution is 2.34. The number of carbonyl (C=O) groups is 1. The number of halogens is 1. The summed E-state index contributed by atoms with van der Waals surface area (Å²) in [7, 11) is 0. The minimum absolute atomic E-state index is 0.0709. The fraction of sp³-hybridized carbons (Fsp3) is 0.857. The molecule has 0 aliphatic heterocycles. The van der Waals surface area contributed by atoms with E-state index in [1.807, 2.05) is 0 Å². The number of aliphatic hydroxyl groups excluding tert-OH is 1. The Morgan fingerprint density at radius 1 is 1.67 bits per heavy atom. The molecule has 3 N–H and O–H groups in total. The summed E-state index contributed by atoms with van der Waals surface area (Å²) in [6.07, 6.45) is 0.0731. The van der Waals surface area contributed by atoms with Crippen LogP contribution in [-0.4, -0.2) is 34.3 Å². The quantitative estimate of drug-likeness (QED) is 0.574. The molecule has 0 bridgehead atoms. The first-order valence-electron chi connectivity index (χ1n) is 3.88. The number of hydrogen-bond acceptors (Lipinski definition) is 2. The van der Waals surface area contributed by atoms with Crippen molar-refractivity contribution in [3.05, 3.63) is 0 Å². The first-order chi connectivity index (χ1) is 5.65. The van der Waals surface area contributed by atoms with Gasteiger partial charge in [-0.25, -0.2) is 4.79 Å². The van der Waals surface area contributed by atoms with Gasteiger partial charge in [0.2, 0.25) is 0 Å². The number of carboxylic acid groups (broad SMARTS) is 1. The highest BCUT2D eigenvalue weighted by molar-refractivity contribution is 6.18. The second-order valence-electron chi connectivity index (χ2n) is 3.03. The molecule has 70 valence electrons. The maximum atomic E-state index is 10.3. The average Bonchev–Trinajstić information content (AvgIpc) is 2.81. The van der Waals surface area contributed by atoms with Crippen LogP contribution >= 0.6 is 11.6 Å². The lowest BCUT2D eigenvalue weighted by Crippen LogP contribution is -2.45. The molecule has 0 spiro atoms. The van der Waals surface area contributed by atoms with Gasteiger partial charge in [0, 0.05) is 0 Å². The first kappa shape index (κ1) is 9.61. The Kier molecular flexibility index (Phi) is 3.17. The van der Waals surface area contributed by atoms with Crippen LogP contribution in [0.4, 0.5) is 4.79 Å². The van der Waals surface area contributed by atoms with Gasteiger partial charge >= 0.3 is 6.09 Å². The maximum absolute atomic E-state index is 10.3. The molecule has 0 aromatic carbocycles. The van der Waals surface area contributed by atoms with E-state index in [9.17, 15) is 9.90 Å². The molecule has 1 saturated carbocycles. The van der Waals surface area contributed by atoms with Gasteiger partial charge in [0.15, 0.2) is 0 Å². The third kappa shape index (κ3) is 2.53. The van der Waals surface area contributed by atoms with Crippen LogP contribution in [0.3, 0.4) is 0 Å². The van der Waals surface area contributed by atoms with E-state index in [1.54, 1.807) is 0 Å². The van der Waals surface area contributed by atoms with E-state index in [4.69, 9.17) is 16.7 Å². The van der Waals surface area contributed by atoms with Crippen LogP contribution in [0.25, 0.3) is 0 Å². The molecule has 0 aromatic heterocycles. The van der Waals surface area contributed by atoms with Crippen molar-refractivity contribution in [2.75, 3.05) is 5.88 Å². The van der Waals surface area contributed by atoms with E-state index in [2.05, 4.69) is 5.32 Å². The van der Waals surface area contributed by atoms with Crippen molar-refractivity contribution in [2.45, 2.75) is 25.0 Å². The van der Waals surface area contributed by atoms with E-state index in [-0.39, 0.29) is 17.8 Å². The molecule has 1 unspecified atom stereocenters. The van der Waals surface area contributed by atoms with Crippen molar-refractivity contribution < 1.29 is 15.0 Å². The minimum Gasteiger partial charge on any atom is -0.465 e. The van der Waals surface area contributed by atoms with Crippen LogP contribution in [0.2, 0.25) is 0 Å². The van der Waals surface area contributed by atoms with E-state index in [0.717, 1.165) is 12.8 Å². The Morgan fingerprint density at radius 3 is 2.58 bits per heavy atom. The molecule has 0 heterocycles. The van der Waals surface area contributed by atoms with E-state index in [0.29, 0.717) is 0 Å². The molecule has 1 aliphatic rings. The number of nitrogens with one attached hydrogen (secondary N) is 1. The third-order valence-electron chi connectivity index (χ3n) is 1.99. The van der Waals surface area contributed by atoms with Gasteiger partial charge in [0.05, 0.1) is 18.0 Å². The molecule has 2 atom stereocenters. The zero-order valence-electron chi connectivity index (χ0n) is 6.53. The van der Waals surface area contributed by atoms with Gasteiger partial charge in [-0.05, 0) is 18.8 Å². The lowest BCUT2D eigenvalue weighted by molar-refractivity contribution is 0.126. The van der Waals surface area contributed by atoms with Crippen molar-refractivity contribution in [3.63, 3.8) is 0 Å². The molecule has 1 rings (SSSR count). The molecule has 12 heavy (non-hydrogen) atoms. The topological polar surface area (TPSA) is 69.6 Å². The van der Waals surface area contributed by atoms with Crippen molar-refractivity contribution in [3.8, 4) is 0 Å². The average molecular weight is 194 g/mol. The van der Waals surface area contributed by atoms with Gasteiger partial charge in [0.25, 0.3) is 0 Å². The molecule has 1 fully saturated rings. The Balaban J connectivity index is 2.42. The molecule has 4 nitrogen and oxygen atoms in total. The van der Waals surface area contributed by atoms with Crippen LogP contribution in [0.15, 0.2) is 0 Å². The van der Waals surface area contributed by atoms with E-state index < -0.39 is 12.2 Å². The molecule has 0 aromatic rings. The number of aliphatic hydroxyl groups is 1. The van der Waals surface area contributed by atoms with Gasteiger partial charge < -0.3 is 15.5 Å². The van der Waals surface area contributed by atoms with Crippen molar-refractivity contribution in [1.29, 1.82) is 0 Å². The van der Waals surface area contributed by atoms with Crippen molar-refractivity contribution in [1.82, 2.24) is 5.32 Å². The minimum atomic E-state index is -1.10. The molecule has 1 aliphatic carbocycles. The summed E-state index contributed by atoms with van der Waals surface area (Å²) in [6, 6.07) is -0.389. The molecular formula is C7H12ClNO3. The summed E-state index contributed by atoms with van der Waals surface area (Å²) in [5, 5.41) is 20.0. The zero-order chi connectivity index (χ0) is 9.14. The van der Waals surface area contributed by atoms with Crippen LogP contribution in [-0.2, 0) is 0 Å². The van der Waals surface area contributed by atoms with Crippen LogP contribution in [0.1, 0.15) is 12.8 Å². The van der Waals surface area contributed by atoms with Gasteiger partial charge in [-0.15, -0.1) is 11.6 Å². The predicted molar refractivity (Wildman–Crippen MR) is 44.4 cm³/mol. The van der Waals surface area contributed by atoms with Crippen molar-refractivity contribution >= 4 is 17.7 Å². The number of hydrogen-bond donors (Lipinski definition) is 3. The fourth-order valence-corrected chi connectivity index (χ4v) is 1.41. The van der Waals surface area contributed by atoms with E-state index in [1.165, 1.54) is 0 Å². The summed E-state index contributed by atoms with van der Waals surface area (Å²) >= 11 is 5.42. The molecular weight excluding hydrogens is 182 g/mol. The summed E-state index contributed by atoms with van der Waals surface area (Å²) < 4.78 is 0. The van der Waals surface area contributed by atoms with Gasteiger partial charge in [-0.1, -0.05) is 0 Å². The summed E-state index contributed by atoms with van der Waals surface area (Å²) in [4.78, 5) is 10.3. The standard InChI is InChI=1S/C7H12ClNO3/c8-3-5(10)6(4-1-2-4)9-7(11)12/h4-6,9-10H,1-3H2,(H,11,12)/t5?,6-/m1/s1. The fourth-order valence-electron chi connectivity index (χ4n) is 1.22. The summed E-state index contributed by atoms with van der Waals surface area (Å²) in [5.74, 6) is 0.344. The molecule has 5 heteroatoms. The normalized spacial score (nSPS) is 21.5. The lowest BCUT2D eigenvalue weighted by Gasteiger charge is -2.20. The lowest BCUT2D eigenvalue weighted by atomic mass is 10.1. The largest absolute Gasteiger partial charge is 0.465 e. The van der Waals surface area contributed by atoms with Crippen LogP contribution < -0.4 is 5.32 Å². The van der Waals surface area contributed by atoms with Crippen LogP contribution in [0, 0.1) is 5.92 Å². The van der Waals surface area contributed by atoms with E-state index >= 15 is 0 Å². The number of rotatable bonds is 4. The van der Waals surface area contributed by atoms with Crippen LogP contribution in [0.5, 0.6) is 0 Å². The monoisotopic (exact) mass is 193 g/mol. The van der Waals surface area contributed by atoms with Crippen molar-refractivity contribution in [2.24, 2.45) is 5.92 Å². The SMILES string of the molecule is O=C(O)N[C@@H](C(O)CCl)C1CC1. The van der Waals surface area contributed by atoms with Gasteiger partial charge in [-0.2, -0.15) is 0 Å². The molecule has 0 saturated heterocycles. The molecule has 0 radical (unpaired) electrons.